The predicted octanol–water partition coefficient (Wildman–Crippen LogP) is 3.88. The lowest BCUT2D eigenvalue weighted by Gasteiger charge is -2.20. The van der Waals surface area contributed by atoms with Crippen molar-refractivity contribution >= 4 is 17.8 Å². The topological polar surface area (TPSA) is 82.2 Å². The highest BCUT2D eigenvalue weighted by atomic mass is 16.3. The fourth-order valence-electron chi connectivity index (χ4n) is 3.67. The largest absolute Gasteiger partial charge is 0.508 e. The van der Waals surface area contributed by atoms with Gasteiger partial charge in [0.25, 0.3) is 5.91 Å². The van der Waals surface area contributed by atoms with Gasteiger partial charge in [-0.25, -0.2) is 4.99 Å². The van der Waals surface area contributed by atoms with E-state index < -0.39 is 5.41 Å². The van der Waals surface area contributed by atoms with Crippen molar-refractivity contribution in [3.8, 4) is 0 Å². The van der Waals surface area contributed by atoms with Gasteiger partial charge in [-0.05, 0) is 48.6 Å². The Morgan fingerprint density at radius 1 is 1.32 bits per heavy atom. The number of aliphatic hydroxyl groups is 2. The van der Waals surface area contributed by atoms with Gasteiger partial charge in [-0.3, -0.25) is 9.79 Å². The van der Waals surface area contributed by atoms with Crippen molar-refractivity contribution in [3.63, 3.8) is 0 Å². The molecule has 0 radical (unpaired) electrons. The van der Waals surface area contributed by atoms with Crippen LogP contribution in [0.5, 0.6) is 0 Å². The molecule has 1 heterocycles. The minimum Gasteiger partial charge on any atom is -0.508 e. The Morgan fingerprint density at radius 2 is 2.04 bits per heavy atom. The van der Waals surface area contributed by atoms with Crippen LogP contribution in [0.25, 0.3) is 0 Å². The summed E-state index contributed by atoms with van der Waals surface area (Å²) in [6.07, 6.45) is 11.1. The summed E-state index contributed by atoms with van der Waals surface area (Å²) in [6, 6.07) is 0. The summed E-state index contributed by atoms with van der Waals surface area (Å²) in [5, 5.41) is 19.6. The number of aliphatic imine (C=N–C) groups is 2. The lowest BCUT2D eigenvalue weighted by Crippen LogP contribution is -2.22. The molecule has 4 aliphatic rings. The molecule has 1 atom stereocenters. The summed E-state index contributed by atoms with van der Waals surface area (Å²) < 4.78 is 0. The first-order valence-corrected chi connectivity index (χ1v) is 8.50. The smallest absolute Gasteiger partial charge is 0.256 e. The van der Waals surface area contributed by atoms with E-state index in [0.29, 0.717) is 19.3 Å². The maximum absolute atomic E-state index is 12.9. The number of rotatable bonds is 3. The normalized spacial score (nSPS) is 28.2. The number of allylic oxidation sites excluding steroid dienone is 7. The van der Waals surface area contributed by atoms with E-state index in [-0.39, 0.29) is 23.3 Å². The second-order valence-corrected chi connectivity index (χ2v) is 7.12. The number of nitrogens with zero attached hydrogens (tertiary/aromatic N) is 2. The van der Waals surface area contributed by atoms with E-state index in [1.807, 2.05) is 31.5 Å². The van der Waals surface area contributed by atoms with Crippen LogP contribution in [-0.2, 0) is 4.79 Å². The number of hydrogen-bond acceptors (Lipinski definition) is 4. The molecule has 128 valence electrons. The maximum Gasteiger partial charge on any atom is 0.256 e. The van der Waals surface area contributed by atoms with Crippen molar-refractivity contribution in [1.29, 1.82) is 0 Å². The van der Waals surface area contributed by atoms with Gasteiger partial charge in [0.2, 0.25) is 0 Å². The van der Waals surface area contributed by atoms with Gasteiger partial charge < -0.3 is 10.2 Å². The van der Waals surface area contributed by atoms with Crippen LogP contribution in [0.1, 0.15) is 33.1 Å². The Morgan fingerprint density at radius 3 is 2.56 bits per heavy atom. The SMILES string of the molecule is CC1=C(C2=CN=C2)CC(=NC(=O)C2(C3=CC(O)=C(O)C3C)CC2)C=C1. The zero-order valence-corrected chi connectivity index (χ0v) is 14.3. The Kier molecular flexibility index (Phi) is 3.42. The summed E-state index contributed by atoms with van der Waals surface area (Å²) in [5.74, 6) is -0.703. The molecule has 1 unspecified atom stereocenters. The minimum absolute atomic E-state index is 0.0589. The monoisotopic (exact) mass is 336 g/mol. The lowest BCUT2D eigenvalue weighted by atomic mass is 9.86. The highest BCUT2D eigenvalue weighted by molar-refractivity contribution is 6.09. The lowest BCUT2D eigenvalue weighted by molar-refractivity contribution is -0.121. The molecule has 0 aromatic rings. The first-order chi connectivity index (χ1) is 11.9. The Balaban J connectivity index is 1.56. The van der Waals surface area contributed by atoms with Crippen LogP contribution in [0.3, 0.4) is 0 Å². The molecule has 1 saturated carbocycles. The summed E-state index contributed by atoms with van der Waals surface area (Å²) in [7, 11) is 0. The van der Waals surface area contributed by atoms with Crippen molar-refractivity contribution in [2.45, 2.75) is 33.1 Å². The molecular formula is C20H20N2O3. The molecule has 0 bridgehead atoms. The fraction of sp³-hybridized carbons (Fsp3) is 0.350. The molecule has 25 heavy (non-hydrogen) atoms. The fourth-order valence-corrected chi connectivity index (χ4v) is 3.67. The van der Waals surface area contributed by atoms with Crippen molar-refractivity contribution in [1.82, 2.24) is 0 Å². The van der Waals surface area contributed by atoms with Gasteiger partial charge in [0.1, 0.15) is 5.76 Å². The van der Waals surface area contributed by atoms with Gasteiger partial charge in [0.15, 0.2) is 5.76 Å². The van der Waals surface area contributed by atoms with Gasteiger partial charge in [-0.15, -0.1) is 0 Å². The molecule has 1 amide bonds. The van der Waals surface area contributed by atoms with E-state index in [4.69, 9.17) is 0 Å². The van der Waals surface area contributed by atoms with Crippen LogP contribution in [0, 0.1) is 11.3 Å². The van der Waals surface area contributed by atoms with E-state index in [0.717, 1.165) is 28.0 Å². The maximum atomic E-state index is 12.9. The van der Waals surface area contributed by atoms with Crippen LogP contribution in [0.4, 0.5) is 0 Å². The highest BCUT2D eigenvalue weighted by Gasteiger charge is 2.55. The van der Waals surface area contributed by atoms with E-state index in [2.05, 4.69) is 9.98 Å². The van der Waals surface area contributed by atoms with Crippen LogP contribution >= 0.6 is 0 Å². The third-order valence-corrected chi connectivity index (χ3v) is 5.52. The van der Waals surface area contributed by atoms with Crippen LogP contribution in [0.2, 0.25) is 0 Å². The highest BCUT2D eigenvalue weighted by Crippen LogP contribution is 2.57. The molecule has 0 aromatic heterocycles. The first-order valence-electron chi connectivity index (χ1n) is 8.50. The number of hydrogen-bond donors (Lipinski definition) is 2. The molecule has 0 spiro atoms. The van der Waals surface area contributed by atoms with Gasteiger partial charge in [0, 0.05) is 36.0 Å². The standard InChI is InChI=1S/C20H20N2O3/c1-11-3-4-14(7-15(11)13-9-21-10-13)22-19(25)20(5-6-20)16-8-17(23)18(24)12(16)2/h3-4,8-10,12,23-24H,5-7H2,1-2H3. The Bertz CT molecular complexity index is 890. The molecule has 2 N–H and O–H groups in total. The molecule has 5 heteroatoms. The Hall–Kier alpha value is -2.69. The number of aliphatic hydroxyl groups excluding tert-OH is 2. The number of carbonyl (C=O) groups is 1. The quantitative estimate of drug-likeness (QED) is 0.820. The molecule has 5 nitrogen and oxygen atoms in total. The number of amides is 1. The second kappa shape index (κ2) is 5.41. The molecule has 0 saturated heterocycles. The summed E-state index contributed by atoms with van der Waals surface area (Å²) >= 11 is 0. The van der Waals surface area contributed by atoms with Crippen LogP contribution < -0.4 is 0 Å². The average molecular weight is 336 g/mol. The first kappa shape index (κ1) is 15.8. The van der Waals surface area contributed by atoms with Crippen LogP contribution in [0.15, 0.2) is 68.2 Å². The zero-order chi connectivity index (χ0) is 17.8. The van der Waals surface area contributed by atoms with Gasteiger partial charge in [-0.2, -0.15) is 0 Å². The van der Waals surface area contributed by atoms with Crippen molar-refractivity contribution in [2.75, 3.05) is 0 Å². The number of carbonyl (C=O) groups excluding carboxylic acids is 1. The molecule has 3 aliphatic carbocycles. The average Bonchev–Trinajstić information content (AvgIpc) is 3.29. The van der Waals surface area contributed by atoms with Crippen molar-refractivity contribution < 1.29 is 15.0 Å². The van der Waals surface area contributed by atoms with Gasteiger partial charge >= 0.3 is 0 Å². The summed E-state index contributed by atoms with van der Waals surface area (Å²) in [5.41, 5.74) is 4.26. The van der Waals surface area contributed by atoms with Crippen molar-refractivity contribution in [2.24, 2.45) is 21.3 Å². The Labute approximate surface area is 146 Å². The minimum atomic E-state index is -0.660. The summed E-state index contributed by atoms with van der Waals surface area (Å²) in [4.78, 5) is 21.3. The third-order valence-electron chi connectivity index (χ3n) is 5.52. The molecular weight excluding hydrogens is 316 g/mol. The third kappa shape index (κ3) is 2.42. The van der Waals surface area contributed by atoms with E-state index in [9.17, 15) is 15.0 Å². The molecule has 1 aliphatic heterocycles. The second-order valence-electron chi connectivity index (χ2n) is 7.12. The molecule has 0 aromatic carbocycles. The van der Waals surface area contributed by atoms with E-state index >= 15 is 0 Å². The predicted molar refractivity (Wildman–Crippen MR) is 96.7 cm³/mol. The van der Waals surface area contributed by atoms with Gasteiger partial charge in [0.05, 0.1) is 5.41 Å². The van der Waals surface area contributed by atoms with Crippen LogP contribution in [-0.4, -0.2) is 28.0 Å². The van der Waals surface area contributed by atoms with E-state index in [1.54, 1.807) is 6.92 Å². The summed E-state index contributed by atoms with van der Waals surface area (Å²) in [6.45, 7) is 3.85. The van der Waals surface area contributed by atoms with E-state index in [1.165, 1.54) is 6.08 Å². The molecule has 1 fully saturated rings. The molecule has 4 rings (SSSR count). The van der Waals surface area contributed by atoms with Crippen molar-refractivity contribution in [3.05, 3.63) is 58.2 Å². The zero-order valence-electron chi connectivity index (χ0n) is 14.3. The van der Waals surface area contributed by atoms with Gasteiger partial charge in [-0.1, -0.05) is 13.0 Å².